The zero-order chi connectivity index (χ0) is 17.6. The van der Waals surface area contributed by atoms with Crippen LogP contribution in [0.1, 0.15) is 22.2 Å². The van der Waals surface area contributed by atoms with E-state index in [0.717, 1.165) is 50.1 Å². The molecular formula is C19H22N4OS2. The molecule has 0 amide bonds. The summed E-state index contributed by atoms with van der Waals surface area (Å²) in [6.45, 7) is 4.17. The van der Waals surface area contributed by atoms with Gasteiger partial charge in [-0.1, -0.05) is 6.07 Å². The first-order valence-corrected chi connectivity index (χ1v) is 10.6. The largest absolute Gasteiger partial charge is 0.378 e. The maximum absolute atomic E-state index is 5.40. The fourth-order valence-corrected chi connectivity index (χ4v) is 4.43. The number of hydrogen-bond acceptors (Lipinski definition) is 7. The predicted octanol–water partition coefficient (Wildman–Crippen LogP) is 3.51. The topological polar surface area (TPSA) is 50.3 Å². The standard InChI is InChI=1S/C19H22N4OS2/c1-2-18(23-5-7-24-8-6-23)22-13-16(1)12-21-17(19-20-4-10-26-19)11-15-3-9-25-14-15/h1-4,9-10,13-14,17,21H,5-8,11-12H2. The van der Waals surface area contributed by atoms with Gasteiger partial charge in [-0.05, 0) is 40.4 Å². The highest BCUT2D eigenvalue weighted by atomic mass is 32.1. The van der Waals surface area contributed by atoms with Gasteiger partial charge in [0.05, 0.1) is 19.3 Å². The number of ether oxygens (including phenoxy) is 1. The lowest BCUT2D eigenvalue weighted by molar-refractivity contribution is 0.122. The van der Waals surface area contributed by atoms with Gasteiger partial charge in [-0.3, -0.25) is 0 Å². The van der Waals surface area contributed by atoms with Gasteiger partial charge in [0, 0.05) is 37.4 Å². The Bertz CT molecular complexity index is 768. The van der Waals surface area contributed by atoms with Crippen LogP contribution in [0, 0.1) is 0 Å². The summed E-state index contributed by atoms with van der Waals surface area (Å²) in [5, 5.41) is 11.2. The van der Waals surface area contributed by atoms with E-state index in [0.29, 0.717) is 0 Å². The van der Waals surface area contributed by atoms with Gasteiger partial charge in [0.2, 0.25) is 0 Å². The summed E-state index contributed by atoms with van der Waals surface area (Å²) in [7, 11) is 0. The Kier molecular flexibility index (Phi) is 5.91. The first kappa shape index (κ1) is 17.6. The molecule has 1 aliphatic rings. The van der Waals surface area contributed by atoms with Crippen LogP contribution in [-0.4, -0.2) is 36.3 Å². The van der Waals surface area contributed by atoms with E-state index in [4.69, 9.17) is 4.74 Å². The summed E-state index contributed by atoms with van der Waals surface area (Å²) in [6, 6.07) is 6.68. The van der Waals surface area contributed by atoms with Gasteiger partial charge in [0.25, 0.3) is 0 Å². The second-order valence-electron chi connectivity index (χ2n) is 6.26. The Hall–Kier alpha value is -1.80. The van der Waals surface area contributed by atoms with E-state index in [9.17, 15) is 0 Å². The molecule has 3 aromatic rings. The molecule has 5 nitrogen and oxygen atoms in total. The molecule has 7 heteroatoms. The number of nitrogens with zero attached hydrogens (tertiary/aromatic N) is 3. The number of aromatic nitrogens is 2. The van der Waals surface area contributed by atoms with Crippen molar-refractivity contribution in [3.63, 3.8) is 0 Å². The van der Waals surface area contributed by atoms with Crippen LogP contribution in [0.2, 0.25) is 0 Å². The molecule has 26 heavy (non-hydrogen) atoms. The Morgan fingerprint density at radius 1 is 1.12 bits per heavy atom. The monoisotopic (exact) mass is 386 g/mol. The number of rotatable bonds is 7. The van der Waals surface area contributed by atoms with E-state index < -0.39 is 0 Å². The van der Waals surface area contributed by atoms with Crippen LogP contribution >= 0.6 is 22.7 Å². The predicted molar refractivity (Wildman–Crippen MR) is 107 cm³/mol. The van der Waals surface area contributed by atoms with Gasteiger partial charge < -0.3 is 15.0 Å². The molecule has 0 radical (unpaired) electrons. The Morgan fingerprint density at radius 2 is 2.04 bits per heavy atom. The van der Waals surface area contributed by atoms with E-state index in [-0.39, 0.29) is 6.04 Å². The van der Waals surface area contributed by atoms with E-state index in [1.165, 1.54) is 11.1 Å². The molecule has 136 valence electrons. The highest BCUT2D eigenvalue weighted by Gasteiger charge is 2.16. The lowest BCUT2D eigenvalue weighted by atomic mass is 10.1. The molecule has 3 aromatic heterocycles. The fourth-order valence-electron chi connectivity index (χ4n) is 3.04. The summed E-state index contributed by atoms with van der Waals surface area (Å²) in [5.74, 6) is 1.03. The van der Waals surface area contributed by atoms with Crippen LogP contribution in [0.4, 0.5) is 5.82 Å². The van der Waals surface area contributed by atoms with Crippen molar-refractivity contribution in [1.29, 1.82) is 0 Å². The summed E-state index contributed by atoms with van der Waals surface area (Å²) in [5.41, 5.74) is 2.54. The molecule has 1 atom stereocenters. The minimum atomic E-state index is 0.225. The zero-order valence-electron chi connectivity index (χ0n) is 14.5. The lowest BCUT2D eigenvalue weighted by Crippen LogP contribution is -2.36. The third-order valence-electron chi connectivity index (χ3n) is 4.47. The fraction of sp³-hybridized carbons (Fsp3) is 0.368. The molecule has 0 bridgehead atoms. The Morgan fingerprint density at radius 3 is 2.73 bits per heavy atom. The highest BCUT2D eigenvalue weighted by molar-refractivity contribution is 7.09. The van der Waals surface area contributed by atoms with E-state index in [1.54, 1.807) is 22.7 Å². The van der Waals surface area contributed by atoms with Crippen molar-refractivity contribution in [1.82, 2.24) is 15.3 Å². The first-order chi connectivity index (χ1) is 12.9. The number of thiophene rings is 1. The Labute approximate surface area is 161 Å². The molecule has 0 aliphatic carbocycles. The minimum Gasteiger partial charge on any atom is -0.378 e. The summed E-state index contributed by atoms with van der Waals surface area (Å²) >= 11 is 3.44. The van der Waals surface area contributed by atoms with Gasteiger partial charge in [0.1, 0.15) is 10.8 Å². The van der Waals surface area contributed by atoms with Crippen LogP contribution < -0.4 is 10.2 Å². The van der Waals surface area contributed by atoms with Crippen molar-refractivity contribution in [3.05, 3.63) is 62.9 Å². The lowest BCUT2D eigenvalue weighted by Gasteiger charge is -2.27. The number of hydrogen-bond donors (Lipinski definition) is 1. The third kappa shape index (κ3) is 4.48. The van der Waals surface area contributed by atoms with Crippen molar-refractivity contribution in [3.8, 4) is 0 Å². The highest BCUT2D eigenvalue weighted by Crippen LogP contribution is 2.22. The van der Waals surface area contributed by atoms with Crippen LogP contribution in [-0.2, 0) is 17.7 Å². The quantitative estimate of drug-likeness (QED) is 0.673. The SMILES string of the molecule is c1csc(C(Cc2ccsc2)NCc2ccc(N3CCOCC3)nc2)n1. The van der Waals surface area contributed by atoms with Crippen molar-refractivity contribution >= 4 is 28.5 Å². The molecule has 0 aromatic carbocycles. The average molecular weight is 387 g/mol. The van der Waals surface area contributed by atoms with Crippen LogP contribution in [0.25, 0.3) is 0 Å². The van der Waals surface area contributed by atoms with E-state index in [2.05, 4.69) is 49.1 Å². The molecule has 1 aliphatic heterocycles. The van der Waals surface area contributed by atoms with Gasteiger partial charge >= 0.3 is 0 Å². The summed E-state index contributed by atoms with van der Waals surface area (Å²) < 4.78 is 5.40. The third-order valence-corrected chi connectivity index (χ3v) is 6.09. The molecule has 4 rings (SSSR count). The number of anilines is 1. The first-order valence-electron chi connectivity index (χ1n) is 8.80. The Balaban J connectivity index is 1.39. The van der Waals surface area contributed by atoms with Gasteiger partial charge in [-0.2, -0.15) is 11.3 Å². The smallest absolute Gasteiger partial charge is 0.128 e. The van der Waals surface area contributed by atoms with Gasteiger partial charge in [-0.25, -0.2) is 9.97 Å². The number of thiazole rings is 1. The summed E-state index contributed by atoms with van der Waals surface area (Å²) in [4.78, 5) is 11.4. The molecule has 4 heterocycles. The molecule has 1 N–H and O–H groups in total. The van der Waals surface area contributed by atoms with E-state index in [1.807, 2.05) is 17.8 Å². The van der Waals surface area contributed by atoms with Crippen LogP contribution in [0.3, 0.4) is 0 Å². The van der Waals surface area contributed by atoms with Gasteiger partial charge in [0.15, 0.2) is 0 Å². The van der Waals surface area contributed by atoms with Crippen LogP contribution in [0.15, 0.2) is 46.7 Å². The molecule has 1 saturated heterocycles. The van der Waals surface area contributed by atoms with E-state index >= 15 is 0 Å². The minimum absolute atomic E-state index is 0.225. The normalized spacial score (nSPS) is 15.9. The molecule has 0 saturated carbocycles. The van der Waals surface area contributed by atoms with Crippen molar-refractivity contribution in [2.75, 3.05) is 31.2 Å². The van der Waals surface area contributed by atoms with Crippen molar-refractivity contribution in [2.45, 2.75) is 19.0 Å². The maximum Gasteiger partial charge on any atom is 0.128 e. The van der Waals surface area contributed by atoms with Gasteiger partial charge in [-0.15, -0.1) is 11.3 Å². The van der Waals surface area contributed by atoms with Crippen molar-refractivity contribution in [2.24, 2.45) is 0 Å². The van der Waals surface area contributed by atoms with Crippen molar-refractivity contribution < 1.29 is 4.74 Å². The number of pyridine rings is 1. The molecule has 0 spiro atoms. The molecule has 1 fully saturated rings. The number of morpholine rings is 1. The maximum atomic E-state index is 5.40. The number of nitrogens with one attached hydrogen (secondary N) is 1. The molecule has 1 unspecified atom stereocenters. The zero-order valence-corrected chi connectivity index (χ0v) is 16.1. The molecular weight excluding hydrogens is 364 g/mol. The second kappa shape index (κ2) is 8.73. The average Bonchev–Trinajstić information content (AvgIpc) is 3.40. The summed E-state index contributed by atoms with van der Waals surface area (Å²) in [6.07, 6.45) is 4.80. The second-order valence-corrected chi connectivity index (χ2v) is 7.97. The van der Waals surface area contributed by atoms with Crippen LogP contribution in [0.5, 0.6) is 0 Å².